The van der Waals surface area contributed by atoms with Crippen LogP contribution >= 0.6 is 0 Å². The lowest BCUT2D eigenvalue weighted by molar-refractivity contribution is 0.194. The van der Waals surface area contributed by atoms with Crippen molar-refractivity contribution in [1.82, 2.24) is 0 Å². The van der Waals surface area contributed by atoms with E-state index in [9.17, 15) is 15.3 Å². The number of phenols is 2. The molecule has 0 aliphatic rings. The van der Waals surface area contributed by atoms with Crippen molar-refractivity contribution in [1.29, 1.82) is 0 Å². The van der Waals surface area contributed by atoms with Crippen molar-refractivity contribution in [2.45, 2.75) is 19.4 Å². The van der Waals surface area contributed by atoms with E-state index in [0.717, 1.165) is 10.8 Å². The van der Waals surface area contributed by atoms with Crippen LogP contribution in [0.1, 0.15) is 12.5 Å². The largest absolute Gasteiger partial charge is 0.508 e. The molecule has 2 aromatic carbocycles. The number of fused-ring (bicyclic) bond motifs is 1. The van der Waals surface area contributed by atoms with Gasteiger partial charge >= 0.3 is 0 Å². The quantitative estimate of drug-likeness (QED) is 0.724. The van der Waals surface area contributed by atoms with E-state index in [1.54, 1.807) is 37.3 Å². The Labute approximate surface area is 93.6 Å². The van der Waals surface area contributed by atoms with E-state index < -0.39 is 6.10 Å². The zero-order valence-corrected chi connectivity index (χ0v) is 9.01. The summed E-state index contributed by atoms with van der Waals surface area (Å²) in [5, 5.41) is 30.3. The molecule has 2 aromatic rings. The van der Waals surface area contributed by atoms with Gasteiger partial charge in [-0.2, -0.15) is 0 Å². The molecule has 0 aromatic heterocycles. The van der Waals surface area contributed by atoms with Gasteiger partial charge in [-0.25, -0.2) is 0 Å². The first-order chi connectivity index (χ1) is 7.58. The van der Waals surface area contributed by atoms with Crippen molar-refractivity contribution < 1.29 is 15.3 Å². The van der Waals surface area contributed by atoms with E-state index in [-0.39, 0.29) is 11.5 Å². The summed E-state index contributed by atoms with van der Waals surface area (Å²) in [7, 11) is 0. The van der Waals surface area contributed by atoms with Crippen LogP contribution in [-0.4, -0.2) is 21.4 Å². The summed E-state index contributed by atoms with van der Waals surface area (Å²) in [6.07, 6.45) is -0.161. The number of hydrogen-bond donors (Lipinski definition) is 3. The Balaban J connectivity index is 2.67. The average molecular weight is 218 g/mol. The van der Waals surface area contributed by atoms with Crippen LogP contribution in [0.15, 0.2) is 30.3 Å². The molecule has 0 amide bonds. The molecule has 0 heterocycles. The molecule has 84 valence electrons. The second-order valence-corrected chi connectivity index (χ2v) is 4.02. The van der Waals surface area contributed by atoms with Crippen molar-refractivity contribution in [3.05, 3.63) is 35.9 Å². The van der Waals surface area contributed by atoms with Crippen LogP contribution in [0.5, 0.6) is 11.5 Å². The van der Waals surface area contributed by atoms with Crippen LogP contribution < -0.4 is 0 Å². The van der Waals surface area contributed by atoms with Crippen LogP contribution in [0.25, 0.3) is 10.8 Å². The zero-order valence-electron chi connectivity index (χ0n) is 9.01. The molecular formula is C13H14O3. The Morgan fingerprint density at radius 3 is 2.50 bits per heavy atom. The second kappa shape index (κ2) is 4.02. The summed E-state index contributed by atoms with van der Waals surface area (Å²) in [6, 6.07) is 8.39. The molecule has 0 aliphatic carbocycles. The van der Waals surface area contributed by atoms with Crippen molar-refractivity contribution >= 4 is 10.8 Å². The highest BCUT2D eigenvalue weighted by molar-refractivity contribution is 5.88. The van der Waals surface area contributed by atoms with Crippen LogP contribution in [0.3, 0.4) is 0 Å². The van der Waals surface area contributed by atoms with Gasteiger partial charge in [0, 0.05) is 12.0 Å². The highest BCUT2D eigenvalue weighted by Crippen LogP contribution is 2.30. The molecule has 0 spiro atoms. The molecule has 3 heteroatoms. The molecule has 0 radical (unpaired) electrons. The number of benzene rings is 2. The number of aliphatic hydroxyl groups excluding tert-OH is 1. The van der Waals surface area contributed by atoms with E-state index in [2.05, 4.69) is 0 Å². The van der Waals surface area contributed by atoms with Gasteiger partial charge in [0.1, 0.15) is 11.5 Å². The van der Waals surface area contributed by atoms with Gasteiger partial charge < -0.3 is 15.3 Å². The molecule has 1 unspecified atom stereocenters. The molecule has 2 rings (SSSR count). The Kier molecular flexibility index (Phi) is 2.71. The highest BCUT2D eigenvalue weighted by atomic mass is 16.3. The molecule has 16 heavy (non-hydrogen) atoms. The maximum Gasteiger partial charge on any atom is 0.119 e. The van der Waals surface area contributed by atoms with E-state index >= 15 is 0 Å². The van der Waals surface area contributed by atoms with Gasteiger partial charge in [0.15, 0.2) is 0 Å². The van der Waals surface area contributed by atoms with Crippen LogP contribution in [-0.2, 0) is 6.42 Å². The predicted octanol–water partition coefficient (Wildman–Crippen LogP) is 2.17. The molecule has 3 nitrogen and oxygen atoms in total. The van der Waals surface area contributed by atoms with Gasteiger partial charge in [-0.15, -0.1) is 0 Å². The first-order valence-electron chi connectivity index (χ1n) is 5.19. The molecule has 0 fully saturated rings. The standard InChI is InChI=1S/C13H14O3/c1-8(14)6-12-11-7-10(15)4-2-9(11)3-5-13(12)16/h2-5,7-8,14-16H,6H2,1H3. The second-order valence-electron chi connectivity index (χ2n) is 4.02. The van der Waals surface area contributed by atoms with E-state index in [1.807, 2.05) is 0 Å². The topological polar surface area (TPSA) is 60.7 Å². The Bertz CT molecular complexity index is 513. The van der Waals surface area contributed by atoms with Crippen LogP contribution in [0, 0.1) is 0 Å². The van der Waals surface area contributed by atoms with Crippen molar-refractivity contribution in [2.75, 3.05) is 0 Å². The number of phenolic OH excluding ortho intramolecular Hbond substituents is 2. The SMILES string of the molecule is CC(O)Cc1c(O)ccc2ccc(O)cc12. The van der Waals surface area contributed by atoms with Crippen molar-refractivity contribution in [3.63, 3.8) is 0 Å². The normalized spacial score (nSPS) is 12.9. The smallest absolute Gasteiger partial charge is 0.119 e. The number of aromatic hydroxyl groups is 2. The maximum atomic E-state index is 9.76. The first-order valence-corrected chi connectivity index (χ1v) is 5.19. The number of hydrogen-bond acceptors (Lipinski definition) is 3. The highest BCUT2D eigenvalue weighted by Gasteiger charge is 2.10. The lowest BCUT2D eigenvalue weighted by Gasteiger charge is -2.11. The summed E-state index contributed by atoms with van der Waals surface area (Å²) in [6.45, 7) is 1.67. The Morgan fingerprint density at radius 1 is 1.12 bits per heavy atom. The molecule has 0 bridgehead atoms. The minimum atomic E-state index is -0.529. The van der Waals surface area contributed by atoms with E-state index in [4.69, 9.17) is 0 Å². The fourth-order valence-corrected chi connectivity index (χ4v) is 1.87. The Hall–Kier alpha value is -1.74. The third-order valence-corrected chi connectivity index (χ3v) is 2.59. The van der Waals surface area contributed by atoms with Gasteiger partial charge in [-0.05, 0) is 35.9 Å². The summed E-state index contributed by atoms with van der Waals surface area (Å²) >= 11 is 0. The molecular weight excluding hydrogens is 204 g/mol. The van der Waals surface area contributed by atoms with Gasteiger partial charge in [0.05, 0.1) is 6.10 Å². The van der Waals surface area contributed by atoms with Crippen LogP contribution in [0.2, 0.25) is 0 Å². The first kappa shape index (κ1) is 10.8. The van der Waals surface area contributed by atoms with E-state index in [1.165, 1.54) is 0 Å². The van der Waals surface area contributed by atoms with Gasteiger partial charge in [-0.1, -0.05) is 12.1 Å². The van der Waals surface area contributed by atoms with Gasteiger partial charge in [-0.3, -0.25) is 0 Å². The molecule has 1 atom stereocenters. The van der Waals surface area contributed by atoms with Gasteiger partial charge in [0.25, 0.3) is 0 Å². The third kappa shape index (κ3) is 1.95. The monoisotopic (exact) mass is 218 g/mol. The summed E-state index contributed by atoms with van der Waals surface area (Å²) < 4.78 is 0. The van der Waals surface area contributed by atoms with Crippen molar-refractivity contribution in [3.8, 4) is 11.5 Å². The third-order valence-electron chi connectivity index (χ3n) is 2.59. The fourth-order valence-electron chi connectivity index (χ4n) is 1.87. The van der Waals surface area contributed by atoms with E-state index in [0.29, 0.717) is 12.0 Å². The molecule has 3 N–H and O–H groups in total. The zero-order chi connectivity index (χ0) is 11.7. The predicted molar refractivity (Wildman–Crippen MR) is 62.7 cm³/mol. The van der Waals surface area contributed by atoms with Crippen LogP contribution in [0.4, 0.5) is 0 Å². The van der Waals surface area contributed by atoms with Crippen molar-refractivity contribution in [2.24, 2.45) is 0 Å². The summed E-state index contributed by atoms with van der Waals surface area (Å²) in [4.78, 5) is 0. The minimum absolute atomic E-state index is 0.152. The maximum absolute atomic E-state index is 9.76. The lowest BCUT2D eigenvalue weighted by Crippen LogP contribution is -2.04. The lowest BCUT2D eigenvalue weighted by atomic mass is 9.99. The average Bonchev–Trinajstić information content (AvgIpc) is 2.22. The molecule has 0 aliphatic heterocycles. The van der Waals surface area contributed by atoms with Gasteiger partial charge in [0.2, 0.25) is 0 Å². The summed E-state index contributed by atoms with van der Waals surface area (Å²) in [5.41, 5.74) is 0.670. The number of rotatable bonds is 2. The summed E-state index contributed by atoms with van der Waals surface area (Å²) in [5.74, 6) is 0.309. The molecule has 0 saturated carbocycles. The Morgan fingerprint density at radius 2 is 1.81 bits per heavy atom. The molecule has 0 saturated heterocycles. The fraction of sp³-hybridized carbons (Fsp3) is 0.231. The number of aliphatic hydroxyl groups is 1. The minimum Gasteiger partial charge on any atom is -0.508 e.